The van der Waals surface area contributed by atoms with E-state index in [1.165, 1.54) is 25.9 Å². The zero-order valence-electron chi connectivity index (χ0n) is 9.92. The Hall–Kier alpha value is -0.510. The van der Waals surface area contributed by atoms with Crippen molar-refractivity contribution in [3.8, 4) is 0 Å². The van der Waals surface area contributed by atoms with E-state index in [2.05, 4.69) is 22.2 Å². The number of nitrogens with one attached hydrogen (secondary N) is 1. The van der Waals surface area contributed by atoms with E-state index in [1.807, 2.05) is 0 Å². The Kier molecular flexibility index (Phi) is 4.48. The summed E-state index contributed by atoms with van der Waals surface area (Å²) in [6.07, 6.45) is 4.08. The van der Waals surface area contributed by atoms with E-state index in [9.17, 15) is 0 Å². The largest absolute Gasteiger partial charge is 0.369 e. The lowest BCUT2D eigenvalue weighted by molar-refractivity contribution is 0.226. The first-order chi connectivity index (χ1) is 8.15. The lowest BCUT2D eigenvalue weighted by atomic mass is 9.97. The van der Waals surface area contributed by atoms with Gasteiger partial charge in [0.2, 0.25) is 0 Å². The Labute approximate surface area is 112 Å². The molecule has 0 unspecified atom stereocenters. The fourth-order valence-corrected chi connectivity index (χ4v) is 2.50. The number of halogens is 2. The summed E-state index contributed by atoms with van der Waals surface area (Å²) in [5.74, 6) is 1.44. The Bertz CT molecular complexity index is 376. The third-order valence-electron chi connectivity index (χ3n) is 3.20. The van der Waals surface area contributed by atoms with E-state index >= 15 is 0 Å². The number of hydrogen-bond donors (Lipinski definition) is 1. The van der Waals surface area contributed by atoms with Crippen LogP contribution in [0.1, 0.15) is 12.8 Å². The van der Waals surface area contributed by atoms with Crippen molar-refractivity contribution in [1.29, 1.82) is 0 Å². The number of rotatable bonds is 3. The highest BCUT2D eigenvalue weighted by Gasteiger charge is 2.16. The minimum absolute atomic E-state index is 0.569. The molecule has 1 saturated heterocycles. The predicted molar refractivity (Wildman–Crippen MR) is 73.0 cm³/mol. The molecule has 0 aromatic carbocycles. The van der Waals surface area contributed by atoms with Crippen molar-refractivity contribution >= 4 is 29.0 Å². The van der Waals surface area contributed by atoms with Crippen LogP contribution in [0, 0.1) is 5.92 Å². The first kappa shape index (κ1) is 12.9. The Morgan fingerprint density at radius 2 is 2.12 bits per heavy atom. The molecular formula is C12H17Cl2N3. The third kappa shape index (κ3) is 3.73. The summed E-state index contributed by atoms with van der Waals surface area (Å²) in [6, 6.07) is 1.72. The molecule has 17 heavy (non-hydrogen) atoms. The molecule has 3 nitrogen and oxygen atoms in total. The number of nitrogens with zero attached hydrogens (tertiary/aromatic N) is 2. The third-order valence-corrected chi connectivity index (χ3v) is 3.70. The van der Waals surface area contributed by atoms with Crippen molar-refractivity contribution in [3.05, 3.63) is 22.3 Å². The maximum absolute atomic E-state index is 6.05. The van der Waals surface area contributed by atoms with Crippen LogP contribution in [0.3, 0.4) is 0 Å². The molecule has 5 heteroatoms. The number of anilines is 1. The van der Waals surface area contributed by atoms with Gasteiger partial charge in [-0.05, 0) is 45.0 Å². The van der Waals surface area contributed by atoms with Crippen LogP contribution < -0.4 is 5.32 Å². The highest BCUT2D eigenvalue weighted by atomic mass is 35.5. The van der Waals surface area contributed by atoms with Crippen LogP contribution in [0.25, 0.3) is 0 Å². The monoisotopic (exact) mass is 273 g/mol. The van der Waals surface area contributed by atoms with Crippen LogP contribution in [0.2, 0.25) is 10.0 Å². The Morgan fingerprint density at radius 1 is 1.41 bits per heavy atom. The summed E-state index contributed by atoms with van der Waals surface area (Å²) in [6.45, 7) is 3.28. The summed E-state index contributed by atoms with van der Waals surface area (Å²) in [7, 11) is 2.17. The van der Waals surface area contributed by atoms with Crippen LogP contribution in [-0.2, 0) is 0 Å². The van der Waals surface area contributed by atoms with Crippen LogP contribution in [0.5, 0.6) is 0 Å². The topological polar surface area (TPSA) is 28.2 Å². The number of pyridine rings is 1. The van der Waals surface area contributed by atoms with E-state index in [-0.39, 0.29) is 0 Å². The molecule has 0 saturated carbocycles. The Morgan fingerprint density at radius 3 is 2.76 bits per heavy atom. The number of piperidine rings is 1. The minimum Gasteiger partial charge on any atom is -0.369 e. The van der Waals surface area contributed by atoms with Gasteiger partial charge in [0.15, 0.2) is 0 Å². The van der Waals surface area contributed by atoms with Gasteiger partial charge in [0.1, 0.15) is 5.82 Å². The second-order valence-electron chi connectivity index (χ2n) is 4.61. The molecule has 2 heterocycles. The maximum Gasteiger partial charge on any atom is 0.144 e. The van der Waals surface area contributed by atoms with Gasteiger partial charge in [0.05, 0.1) is 10.0 Å². The quantitative estimate of drug-likeness (QED) is 0.917. The number of aromatic nitrogens is 1. The summed E-state index contributed by atoms with van der Waals surface area (Å²) >= 11 is 11.9. The van der Waals surface area contributed by atoms with Crippen LogP contribution in [-0.4, -0.2) is 36.6 Å². The molecule has 0 radical (unpaired) electrons. The molecule has 1 aromatic rings. The zero-order chi connectivity index (χ0) is 12.3. The molecule has 1 aliphatic rings. The first-order valence-electron chi connectivity index (χ1n) is 5.88. The van der Waals surface area contributed by atoms with Gasteiger partial charge in [0, 0.05) is 12.7 Å². The van der Waals surface area contributed by atoms with Crippen molar-refractivity contribution in [2.45, 2.75) is 12.8 Å². The van der Waals surface area contributed by atoms with Gasteiger partial charge in [-0.25, -0.2) is 4.98 Å². The van der Waals surface area contributed by atoms with Gasteiger partial charge in [0.25, 0.3) is 0 Å². The fourth-order valence-electron chi connectivity index (χ4n) is 2.05. The number of hydrogen-bond acceptors (Lipinski definition) is 3. The molecule has 0 amide bonds. The second-order valence-corrected chi connectivity index (χ2v) is 5.46. The molecular weight excluding hydrogens is 257 g/mol. The van der Waals surface area contributed by atoms with Crippen molar-refractivity contribution < 1.29 is 0 Å². The van der Waals surface area contributed by atoms with Crippen molar-refractivity contribution in [1.82, 2.24) is 9.88 Å². The predicted octanol–water partition coefficient (Wildman–Crippen LogP) is 3.14. The summed E-state index contributed by atoms with van der Waals surface area (Å²) in [4.78, 5) is 6.56. The molecule has 94 valence electrons. The van der Waals surface area contributed by atoms with E-state index in [1.54, 1.807) is 12.3 Å². The SMILES string of the molecule is CN1CCC(CNc2ncc(Cl)cc2Cl)CC1. The van der Waals surface area contributed by atoms with Crippen molar-refractivity contribution in [2.75, 3.05) is 32.0 Å². The first-order valence-corrected chi connectivity index (χ1v) is 6.64. The summed E-state index contributed by atoms with van der Waals surface area (Å²) in [5, 5.41) is 4.46. The molecule has 0 atom stereocenters. The van der Waals surface area contributed by atoms with Gasteiger partial charge in [-0.3, -0.25) is 0 Å². The molecule has 1 aromatic heterocycles. The van der Waals surface area contributed by atoms with E-state index in [0.29, 0.717) is 16.0 Å². The molecule has 2 rings (SSSR count). The van der Waals surface area contributed by atoms with Gasteiger partial charge in [-0.15, -0.1) is 0 Å². The molecule has 0 aliphatic carbocycles. The normalized spacial score (nSPS) is 18.3. The molecule has 1 fully saturated rings. The summed E-state index contributed by atoms with van der Waals surface area (Å²) in [5.41, 5.74) is 0. The maximum atomic E-state index is 6.05. The molecule has 0 bridgehead atoms. The standard InChI is InChI=1S/C12H17Cl2N3/c1-17-4-2-9(3-5-17)7-15-12-11(14)6-10(13)8-16-12/h6,8-9H,2-5,7H2,1H3,(H,15,16). The van der Waals surface area contributed by atoms with Crippen LogP contribution in [0.4, 0.5) is 5.82 Å². The lowest BCUT2D eigenvalue weighted by Crippen LogP contribution is -2.33. The molecule has 1 N–H and O–H groups in total. The van der Waals surface area contributed by atoms with Gasteiger partial charge >= 0.3 is 0 Å². The van der Waals surface area contributed by atoms with Gasteiger partial charge in [-0.2, -0.15) is 0 Å². The molecule has 1 aliphatic heterocycles. The Balaban J connectivity index is 1.85. The molecule has 0 spiro atoms. The van der Waals surface area contributed by atoms with Crippen molar-refractivity contribution in [2.24, 2.45) is 5.92 Å². The van der Waals surface area contributed by atoms with Gasteiger partial charge in [-0.1, -0.05) is 23.2 Å². The fraction of sp³-hybridized carbons (Fsp3) is 0.583. The van der Waals surface area contributed by atoms with Crippen LogP contribution in [0.15, 0.2) is 12.3 Å². The minimum atomic E-state index is 0.569. The second kappa shape index (κ2) is 5.89. The number of likely N-dealkylation sites (tertiary alicyclic amines) is 1. The smallest absolute Gasteiger partial charge is 0.144 e. The van der Waals surface area contributed by atoms with E-state index in [0.717, 1.165) is 12.4 Å². The average Bonchev–Trinajstić information content (AvgIpc) is 2.30. The highest BCUT2D eigenvalue weighted by molar-refractivity contribution is 6.35. The van der Waals surface area contributed by atoms with Crippen LogP contribution >= 0.6 is 23.2 Å². The zero-order valence-corrected chi connectivity index (χ0v) is 11.4. The van der Waals surface area contributed by atoms with Gasteiger partial charge < -0.3 is 10.2 Å². The van der Waals surface area contributed by atoms with E-state index in [4.69, 9.17) is 23.2 Å². The average molecular weight is 274 g/mol. The van der Waals surface area contributed by atoms with Crippen molar-refractivity contribution in [3.63, 3.8) is 0 Å². The lowest BCUT2D eigenvalue weighted by Gasteiger charge is -2.29. The summed E-state index contributed by atoms with van der Waals surface area (Å²) < 4.78 is 0. The van der Waals surface area contributed by atoms with E-state index < -0.39 is 0 Å². The highest BCUT2D eigenvalue weighted by Crippen LogP contribution is 2.23.